The predicted molar refractivity (Wildman–Crippen MR) is 77.3 cm³/mol. The number of ether oxygens (including phenoxy) is 1. The Hall–Kier alpha value is -2.15. The van der Waals surface area contributed by atoms with E-state index in [1.54, 1.807) is 25.6 Å². The van der Waals surface area contributed by atoms with E-state index in [0.29, 0.717) is 16.3 Å². The van der Waals surface area contributed by atoms with Gasteiger partial charge in [0, 0.05) is 29.4 Å². The van der Waals surface area contributed by atoms with Crippen molar-refractivity contribution in [3.05, 3.63) is 54.4 Å². The molecular weight excluding hydrogens is 313 g/mol. The van der Waals surface area contributed by atoms with Crippen molar-refractivity contribution in [2.45, 2.75) is 16.1 Å². The summed E-state index contributed by atoms with van der Waals surface area (Å²) in [5.41, 5.74) is 0.0593. The van der Waals surface area contributed by atoms with Crippen LogP contribution in [0.25, 0.3) is 5.65 Å². The van der Waals surface area contributed by atoms with E-state index in [9.17, 15) is 13.2 Å². The highest BCUT2D eigenvalue weighted by Gasteiger charge is 2.29. The first-order valence-corrected chi connectivity index (χ1v) is 7.15. The minimum atomic E-state index is -4.32. The van der Waals surface area contributed by atoms with E-state index in [2.05, 4.69) is 4.98 Å². The van der Waals surface area contributed by atoms with E-state index in [-0.39, 0.29) is 0 Å². The van der Waals surface area contributed by atoms with Gasteiger partial charge in [0.1, 0.15) is 11.4 Å². The van der Waals surface area contributed by atoms with Gasteiger partial charge in [-0.15, -0.1) is 0 Å². The fourth-order valence-corrected chi connectivity index (χ4v) is 2.94. The second kappa shape index (κ2) is 5.57. The summed E-state index contributed by atoms with van der Waals surface area (Å²) >= 11 is 1.35. The topological polar surface area (TPSA) is 26.5 Å². The van der Waals surface area contributed by atoms with Crippen LogP contribution in [0.3, 0.4) is 0 Å². The molecule has 7 heteroatoms. The Kier molecular flexibility index (Phi) is 3.74. The molecule has 3 nitrogen and oxygen atoms in total. The van der Waals surface area contributed by atoms with Gasteiger partial charge in [-0.2, -0.15) is 13.2 Å². The Morgan fingerprint density at radius 3 is 2.50 bits per heavy atom. The monoisotopic (exact) mass is 324 g/mol. The standard InChI is InChI=1S/C15H11F3N2OS/c1-21-11-8-13-19-6-7-20(13)14(9-11)22-12-4-2-10(3-5-12)15(16,17)18/h2-9H,1H3. The van der Waals surface area contributed by atoms with E-state index in [1.807, 2.05) is 10.5 Å². The van der Waals surface area contributed by atoms with Crippen molar-refractivity contribution in [1.82, 2.24) is 9.38 Å². The van der Waals surface area contributed by atoms with Crippen LogP contribution >= 0.6 is 11.8 Å². The van der Waals surface area contributed by atoms with E-state index < -0.39 is 11.7 Å². The third kappa shape index (κ3) is 2.89. The summed E-state index contributed by atoms with van der Waals surface area (Å²) in [5, 5.41) is 0.812. The quantitative estimate of drug-likeness (QED) is 0.709. The highest BCUT2D eigenvalue weighted by Crippen LogP contribution is 2.34. The van der Waals surface area contributed by atoms with Crippen molar-refractivity contribution < 1.29 is 17.9 Å². The zero-order chi connectivity index (χ0) is 15.7. The fraction of sp³-hybridized carbons (Fsp3) is 0.133. The molecule has 3 rings (SSSR count). The molecule has 0 spiro atoms. The molecule has 0 N–H and O–H groups in total. The number of imidazole rings is 1. The van der Waals surface area contributed by atoms with Crippen LogP contribution in [0.4, 0.5) is 13.2 Å². The van der Waals surface area contributed by atoms with Crippen molar-refractivity contribution in [3.8, 4) is 5.75 Å². The number of methoxy groups -OCH3 is 1. The largest absolute Gasteiger partial charge is 0.497 e. The highest BCUT2D eigenvalue weighted by molar-refractivity contribution is 7.99. The predicted octanol–water partition coefficient (Wildman–Crippen LogP) is 4.51. The van der Waals surface area contributed by atoms with E-state index in [1.165, 1.54) is 23.9 Å². The molecule has 114 valence electrons. The lowest BCUT2D eigenvalue weighted by Gasteiger charge is -2.10. The number of halogens is 3. The Labute approximate surface area is 128 Å². The van der Waals surface area contributed by atoms with Gasteiger partial charge in [0.15, 0.2) is 0 Å². The van der Waals surface area contributed by atoms with Gasteiger partial charge in [-0.05, 0) is 24.3 Å². The fourth-order valence-electron chi connectivity index (χ4n) is 2.00. The van der Waals surface area contributed by atoms with Gasteiger partial charge in [0.05, 0.1) is 17.7 Å². The van der Waals surface area contributed by atoms with Gasteiger partial charge in [-0.25, -0.2) is 4.98 Å². The minimum absolute atomic E-state index is 0.646. The van der Waals surface area contributed by atoms with E-state index in [0.717, 1.165) is 17.2 Å². The molecule has 0 saturated carbocycles. The second-order valence-electron chi connectivity index (χ2n) is 4.51. The molecule has 0 amide bonds. The lowest BCUT2D eigenvalue weighted by atomic mass is 10.2. The molecule has 1 aromatic carbocycles. The normalized spacial score (nSPS) is 11.8. The Morgan fingerprint density at radius 1 is 1.14 bits per heavy atom. The van der Waals surface area contributed by atoms with E-state index >= 15 is 0 Å². The SMILES string of the molecule is COc1cc(Sc2ccc(C(F)(F)F)cc2)n2ccnc2c1. The molecule has 2 heterocycles. The molecule has 0 bridgehead atoms. The Morgan fingerprint density at radius 2 is 1.86 bits per heavy atom. The number of nitrogens with zero attached hydrogens (tertiary/aromatic N) is 2. The Balaban J connectivity index is 1.94. The zero-order valence-corrected chi connectivity index (χ0v) is 12.3. The molecule has 22 heavy (non-hydrogen) atoms. The number of hydrogen-bond donors (Lipinski definition) is 0. The summed E-state index contributed by atoms with van der Waals surface area (Å²) in [6.45, 7) is 0. The van der Waals surface area contributed by atoms with Crippen molar-refractivity contribution in [3.63, 3.8) is 0 Å². The van der Waals surface area contributed by atoms with Gasteiger partial charge in [-0.3, -0.25) is 4.40 Å². The molecule has 0 unspecified atom stereocenters. The number of pyridine rings is 1. The zero-order valence-electron chi connectivity index (χ0n) is 11.5. The van der Waals surface area contributed by atoms with Gasteiger partial charge >= 0.3 is 6.18 Å². The molecule has 0 aliphatic rings. The van der Waals surface area contributed by atoms with Crippen LogP contribution in [0, 0.1) is 0 Å². The summed E-state index contributed by atoms with van der Waals surface area (Å²) in [4.78, 5) is 4.90. The lowest BCUT2D eigenvalue weighted by molar-refractivity contribution is -0.137. The van der Waals surface area contributed by atoms with Crippen LogP contribution in [0.1, 0.15) is 5.56 Å². The molecule has 0 atom stereocenters. The third-order valence-electron chi connectivity index (χ3n) is 3.08. The third-order valence-corrected chi connectivity index (χ3v) is 4.12. The van der Waals surface area contributed by atoms with Crippen molar-refractivity contribution in [2.24, 2.45) is 0 Å². The average Bonchev–Trinajstić information content (AvgIpc) is 2.95. The van der Waals surface area contributed by atoms with Crippen LogP contribution < -0.4 is 4.74 Å². The first-order chi connectivity index (χ1) is 10.5. The van der Waals surface area contributed by atoms with Crippen molar-refractivity contribution in [2.75, 3.05) is 7.11 Å². The maximum absolute atomic E-state index is 12.6. The Bertz CT molecular complexity index is 797. The maximum Gasteiger partial charge on any atom is 0.416 e. The van der Waals surface area contributed by atoms with Gasteiger partial charge in [0.2, 0.25) is 0 Å². The van der Waals surface area contributed by atoms with Crippen LogP contribution in [-0.2, 0) is 6.18 Å². The van der Waals surface area contributed by atoms with Crippen molar-refractivity contribution >= 4 is 17.4 Å². The molecule has 3 aromatic rings. The van der Waals surface area contributed by atoms with Crippen LogP contribution in [0.2, 0.25) is 0 Å². The van der Waals surface area contributed by atoms with Gasteiger partial charge in [-0.1, -0.05) is 11.8 Å². The number of rotatable bonds is 3. The molecular formula is C15H11F3N2OS. The average molecular weight is 324 g/mol. The number of benzene rings is 1. The highest BCUT2D eigenvalue weighted by atomic mass is 32.2. The van der Waals surface area contributed by atoms with Crippen molar-refractivity contribution in [1.29, 1.82) is 0 Å². The van der Waals surface area contributed by atoms with Gasteiger partial charge < -0.3 is 4.74 Å². The summed E-state index contributed by atoms with van der Waals surface area (Å²) < 4.78 is 44.8. The number of alkyl halides is 3. The first-order valence-electron chi connectivity index (χ1n) is 6.33. The number of hydrogen-bond acceptors (Lipinski definition) is 3. The summed E-state index contributed by atoms with van der Waals surface area (Å²) in [7, 11) is 1.56. The van der Waals surface area contributed by atoms with Crippen LogP contribution in [0.5, 0.6) is 5.75 Å². The molecule has 0 aliphatic carbocycles. The summed E-state index contributed by atoms with van der Waals surface area (Å²) in [5.74, 6) is 0.646. The molecule has 0 fully saturated rings. The lowest BCUT2D eigenvalue weighted by Crippen LogP contribution is -2.03. The molecule has 0 radical (unpaired) electrons. The second-order valence-corrected chi connectivity index (χ2v) is 5.61. The molecule has 2 aromatic heterocycles. The minimum Gasteiger partial charge on any atom is -0.497 e. The number of fused-ring (bicyclic) bond motifs is 1. The first kappa shape index (κ1) is 14.8. The van der Waals surface area contributed by atoms with Gasteiger partial charge in [0.25, 0.3) is 0 Å². The van der Waals surface area contributed by atoms with Crippen LogP contribution in [-0.4, -0.2) is 16.5 Å². The smallest absolute Gasteiger partial charge is 0.416 e. The number of aromatic nitrogens is 2. The molecule has 0 aliphatic heterocycles. The molecule has 0 saturated heterocycles. The maximum atomic E-state index is 12.6. The van der Waals surface area contributed by atoms with Crippen LogP contribution in [0.15, 0.2) is 58.7 Å². The summed E-state index contributed by atoms with van der Waals surface area (Å²) in [6.07, 6.45) is -0.871. The van der Waals surface area contributed by atoms with E-state index in [4.69, 9.17) is 4.74 Å². The summed E-state index contributed by atoms with van der Waals surface area (Å²) in [6, 6.07) is 8.67.